The zero-order chi connectivity index (χ0) is 15.7. The summed E-state index contributed by atoms with van der Waals surface area (Å²) in [5, 5.41) is 3.72. The molecule has 0 heterocycles. The Morgan fingerprint density at radius 1 is 1.14 bits per heavy atom. The maximum Gasteiger partial charge on any atom is 0.235 e. The van der Waals surface area contributed by atoms with Gasteiger partial charge in [-0.1, -0.05) is 29.8 Å². The van der Waals surface area contributed by atoms with Gasteiger partial charge in [0.1, 0.15) is 0 Å². The second kappa shape index (κ2) is 5.65. The molecule has 4 heteroatoms. The number of halogens is 1. The molecule has 3 nitrogen and oxygen atoms in total. The number of hydrogen-bond acceptors (Lipinski definition) is 2. The van der Waals surface area contributed by atoms with Crippen LogP contribution in [-0.4, -0.2) is 20.0 Å². The zero-order valence-corrected chi connectivity index (χ0v) is 13.5. The summed E-state index contributed by atoms with van der Waals surface area (Å²) in [4.78, 5) is 14.7. The van der Waals surface area contributed by atoms with Crippen molar-refractivity contribution in [2.24, 2.45) is 0 Å². The summed E-state index contributed by atoms with van der Waals surface area (Å²) in [5.74, 6) is 0.0469. The quantitative estimate of drug-likeness (QED) is 0.922. The standard InChI is InChI=1S/C18H19ClN2O/c1-21(2)16-8-4-7-15(12-16)20-17(22)18(9-10-18)13-5-3-6-14(19)11-13/h3-8,11-12H,9-10H2,1-2H3,(H,20,22). The second-order valence-electron chi connectivity index (χ2n) is 5.99. The Bertz CT molecular complexity index is 708. The maximum absolute atomic E-state index is 12.7. The third-order valence-electron chi connectivity index (χ3n) is 4.18. The number of carbonyl (C=O) groups is 1. The van der Waals surface area contributed by atoms with Crippen LogP contribution in [0.4, 0.5) is 11.4 Å². The van der Waals surface area contributed by atoms with Crippen LogP contribution in [0.15, 0.2) is 48.5 Å². The van der Waals surface area contributed by atoms with Gasteiger partial charge in [0.05, 0.1) is 5.41 Å². The van der Waals surface area contributed by atoms with Crippen molar-refractivity contribution >= 4 is 28.9 Å². The second-order valence-corrected chi connectivity index (χ2v) is 6.43. The van der Waals surface area contributed by atoms with E-state index in [0.717, 1.165) is 29.8 Å². The Kier molecular flexibility index (Phi) is 3.83. The van der Waals surface area contributed by atoms with Gasteiger partial charge < -0.3 is 10.2 Å². The highest BCUT2D eigenvalue weighted by Crippen LogP contribution is 2.49. The highest BCUT2D eigenvalue weighted by atomic mass is 35.5. The van der Waals surface area contributed by atoms with Crippen molar-refractivity contribution in [2.45, 2.75) is 18.3 Å². The van der Waals surface area contributed by atoms with Crippen molar-refractivity contribution in [2.75, 3.05) is 24.3 Å². The van der Waals surface area contributed by atoms with E-state index in [2.05, 4.69) is 5.32 Å². The van der Waals surface area contributed by atoms with Crippen LogP contribution in [0.5, 0.6) is 0 Å². The van der Waals surface area contributed by atoms with E-state index in [4.69, 9.17) is 11.6 Å². The first-order valence-electron chi connectivity index (χ1n) is 7.36. The smallest absolute Gasteiger partial charge is 0.235 e. The van der Waals surface area contributed by atoms with E-state index in [0.29, 0.717) is 5.02 Å². The monoisotopic (exact) mass is 314 g/mol. The zero-order valence-electron chi connectivity index (χ0n) is 12.8. The van der Waals surface area contributed by atoms with Gasteiger partial charge in [-0.2, -0.15) is 0 Å². The molecule has 22 heavy (non-hydrogen) atoms. The fraction of sp³-hybridized carbons (Fsp3) is 0.278. The minimum atomic E-state index is -0.418. The molecule has 1 saturated carbocycles. The van der Waals surface area contributed by atoms with Gasteiger partial charge >= 0.3 is 0 Å². The summed E-state index contributed by atoms with van der Waals surface area (Å²) in [6.07, 6.45) is 1.74. The Labute approximate surface area is 135 Å². The molecule has 0 unspecified atom stereocenters. The van der Waals surface area contributed by atoms with Crippen LogP contribution in [0.1, 0.15) is 18.4 Å². The summed E-state index contributed by atoms with van der Waals surface area (Å²) in [6.45, 7) is 0. The Balaban J connectivity index is 1.81. The van der Waals surface area contributed by atoms with Crippen LogP contribution in [0.3, 0.4) is 0 Å². The topological polar surface area (TPSA) is 32.3 Å². The van der Waals surface area contributed by atoms with Gasteiger partial charge in [0, 0.05) is 30.5 Å². The van der Waals surface area contributed by atoms with E-state index in [-0.39, 0.29) is 5.91 Å². The molecule has 0 atom stereocenters. The fourth-order valence-corrected chi connectivity index (χ4v) is 2.86. The molecule has 3 rings (SSSR count). The summed E-state index contributed by atoms with van der Waals surface area (Å²) >= 11 is 6.06. The van der Waals surface area contributed by atoms with E-state index in [1.54, 1.807) is 0 Å². The van der Waals surface area contributed by atoms with Gasteiger partial charge in [-0.15, -0.1) is 0 Å². The van der Waals surface area contributed by atoms with Crippen molar-refractivity contribution in [1.29, 1.82) is 0 Å². The van der Waals surface area contributed by atoms with Crippen LogP contribution in [0.2, 0.25) is 5.02 Å². The minimum Gasteiger partial charge on any atom is -0.378 e. The molecule has 0 aromatic heterocycles. The molecule has 0 radical (unpaired) electrons. The Morgan fingerprint density at radius 3 is 2.50 bits per heavy atom. The Morgan fingerprint density at radius 2 is 1.86 bits per heavy atom. The van der Waals surface area contributed by atoms with E-state index < -0.39 is 5.41 Å². The number of anilines is 2. The van der Waals surface area contributed by atoms with Gasteiger partial charge in [0.2, 0.25) is 5.91 Å². The summed E-state index contributed by atoms with van der Waals surface area (Å²) in [6, 6.07) is 15.5. The van der Waals surface area contributed by atoms with Gasteiger partial charge in [-0.25, -0.2) is 0 Å². The molecule has 0 aliphatic heterocycles. The lowest BCUT2D eigenvalue weighted by Crippen LogP contribution is -2.27. The molecule has 1 fully saturated rings. The van der Waals surface area contributed by atoms with Crippen molar-refractivity contribution in [3.8, 4) is 0 Å². The maximum atomic E-state index is 12.7. The molecule has 0 spiro atoms. The average Bonchev–Trinajstić information content (AvgIpc) is 3.29. The van der Waals surface area contributed by atoms with Crippen molar-refractivity contribution in [3.63, 3.8) is 0 Å². The molecular weight excluding hydrogens is 296 g/mol. The summed E-state index contributed by atoms with van der Waals surface area (Å²) in [7, 11) is 3.96. The van der Waals surface area contributed by atoms with E-state index >= 15 is 0 Å². The summed E-state index contributed by atoms with van der Waals surface area (Å²) < 4.78 is 0. The average molecular weight is 315 g/mol. The van der Waals surface area contributed by atoms with E-state index in [9.17, 15) is 4.79 Å². The van der Waals surface area contributed by atoms with Crippen molar-refractivity contribution in [1.82, 2.24) is 0 Å². The molecule has 1 aliphatic rings. The number of nitrogens with zero attached hydrogens (tertiary/aromatic N) is 1. The first-order valence-corrected chi connectivity index (χ1v) is 7.74. The normalized spacial score (nSPS) is 15.2. The highest BCUT2D eigenvalue weighted by molar-refractivity contribution is 6.30. The minimum absolute atomic E-state index is 0.0469. The third-order valence-corrected chi connectivity index (χ3v) is 4.42. The van der Waals surface area contributed by atoms with Crippen LogP contribution in [0, 0.1) is 0 Å². The molecule has 114 valence electrons. The largest absolute Gasteiger partial charge is 0.378 e. The van der Waals surface area contributed by atoms with E-state index in [1.807, 2.05) is 67.5 Å². The first-order chi connectivity index (χ1) is 10.5. The van der Waals surface area contributed by atoms with Gasteiger partial charge in [0.25, 0.3) is 0 Å². The molecule has 1 N–H and O–H groups in total. The van der Waals surface area contributed by atoms with E-state index in [1.165, 1.54) is 0 Å². The Hall–Kier alpha value is -2.00. The van der Waals surface area contributed by atoms with Crippen molar-refractivity contribution < 1.29 is 4.79 Å². The molecule has 0 bridgehead atoms. The van der Waals surface area contributed by atoms with Gasteiger partial charge in [-0.05, 0) is 48.7 Å². The number of benzene rings is 2. The molecular formula is C18H19ClN2O. The molecule has 0 saturated heterocycles. The number of carbonyl (C=O) groups excluding carboxylic acids is 1. The third kappa shape index (κ3) is 2.81. The number of hydrogen-bond donors (Lipinski definition) is 1. The predicted octanol–water partition coefficient (Wildman–Crippen LogP) is 4.08. The van der Waals surface area contributed by atoms with Crippen LogP contribution in [-0.2, 0) is 10.2 Å². The summed E-state index contributed by atoms with van der Waals surface area (Å²) in [5.41, 5.74) is 2.47. The number of nitrogens with one attached hydrogen (secondary N) is 1. The SMILES string of the molecule is CN(C)c1cccc(NC(=O)C2(c3cccc(Cl)c3)CC2)c1. The highest BCUT2D eigenvalue weighted by Gasteiger charge is 2.51. The molecule has 2 aromatic rings. The van der Waals surface area contributed by atoms with Crippen LogP contribution >= 0.6 is 11.6 Å². The molecule has 1 aliphatic carbocycles. The number of amides is 1. The van der Waals surface area contributed by atoms with Crippen LogP contribution in [0.25, 0.3) is 0 Å². The fourth-order valence-electron chi connectivity index (χ4n) is 2.67. The first kappa shape index (κ1) is 14.9. The lowest BCUT2D eigenvalue weighted by Gasteiger charge is -2.18. The van der Waals surface area contributed by atoms with Crippen molar-refractivity contribution in [3.05, 3.63) is 59.1 Å². The lowest BCUT2D eigenvalue weighted by molar-refractivity contribution is -0.118. The lowest BCUT2D eigenvalue weighted by atomic mass is 9.95. The predicted molar refractivity (Wildman–Crippen MR) is 91.8 cm³/mol. The van der Waals surface area contributed by atoms with Crippen LogP contribution < -0.4 is 10.2 Å². The molecule has 2 aromatic carbocycles. The number of rotatable bonds is 4. The molecule has 1 amide bonds. The van der Waals surface area contributed by atoms with Gasteiger partial charge in [-0.3, -0.25) is 4.79 Å². The van der Waals surface area contributed by atoms with Gasteiger partial charge in [0.15, 0.2) is 0 Å².